The molecule has 2 aromatic carbocycles. The molecule has 0 saturated carbocycles. The van der Waals surface area contributed by atoms with Crippen LogP contribution in [0.1, 0.15) is 43.1 Å². The molecule has 0 bridgehead atoms. The first kappa shape index (κ1) is 19.3. The van der Waals surface area contributed by atoms with Gasteiger partial charge < -0.3 is 19.7 Å². The van der Waals surface area contributed by atoms with Crippen LogP contribution in [0.4, 0.5) is 11.4 Å². The minimum absolute atomic E-state index is 0.125. The zero-order valence-electron chi connectivity index (χ0n) is 17.4. The highest BCUT2D eigenvalue weighted by Crippen LogP contribution is 2.35. The van der Waals surface area contributed by atoms with Crippen molar-refractivity contribution in [2.75, 3.05) is 30.0 Å². The normalized spacial score (nSPS) is 16.9. The van der Waals surface area contributed by atoms with Crippen LogP contribution in [0.15, 0.2) is 48.7 Å². The largest absolute Gasteiger partial charge is 0.366 e. The van der Waals surface area contributed by atoms with Gasteiger partial charge in [0, 0.05) is 41.8 Å². The average molecular weight is 423 g/mol. The van der Waals surface area contributed by atoms with Crippen molar-refractivity contribution in [1.29, 1.82) is 0 Å². The molecule has 1 saturated heterocycles. The van der Waals surface area contributed by atoms with Crippen LogP contribution in [-0.4, -0.2) is 41.2 Å². The summed E-state index contributed by atoms with van der Waals surface area (Å²) in [5, 5.41) is 5.16. The van der Waals surface area contributed by atoms with Crippen LogP contribution in [0.5, 0.6) is 0 Å². The standard InChI is InChI=1S/C24H27ClN4O/c1-16(2)28-14-20(19-8-7-17(25)13-23(19)28)24(30)27-11-9-18(10-12-27)29-15-26-21-5-3-4-6-22(21)29/h3-8,13-14,16,18,26H,9-12,15H2,1-2H3. The maximum Gasteiger partial charge on any atom is 0.256 e. The van der Waals surface area contributed by atoms with Gasteiger partial charge in [0.2, 0.25) is 0 Å². The number of hydrogen-bond donors (Lipinski definition) is 1. The van der Waals surface area contributed by atoms with Gasteiger partial charge in [0.25, 0.3) is 5.91 Å². The lowest BCUT2D eigenvalue weighted by atomic mass is 10.0. The molecule has 5 rings (SSSR count). The summed E-state index contributed by atoms with van der Waals surface area (Å²) in [5.41, 5.74) is 4.29. The molecule has 156 valence electrons. The molecule has 6 heteroatoms. The number of fused-ring (bicyclic) bond motifs is 2. The lowest BCUT2D eigenvalue weighted by Crippen LogP contribution is -2.46. The molecule has 0 aliphatic carbocycles. The predicted octanol–water partition coefficient (Wildman–Crippen LogP) is 5.37. The van der Waals surface area contributed by atoms with Crippen LogP contribution in [0.2, 0.25) is 5.02 Å². The van der Waals surface area contributed by atoms with Gasteiger partial charge in [0.15, 0.2) is 0 Å². The highest BCUT2D eigenvalue weighted by atomic mass is 35.5. The van der Waals surface area contributed by atoms with E-state index >= 15 is 0 Å². The molecule has 30 heavy (non-hydrogen) atoms. The van der Waals surface area contributed by atoms with E-state index in [0.717, 1.165) is 49.1 Å². The molecule has 2 aliphatic heterocycles. The summed E-state index contributed by atoms with van der Waals surface area (Å²) < 4.78 is 2.15. The zero-order valence-corrected chi connectivity index (χ0v) is 18.2. The summed E-state index contributed by atoms with van der Waals surface area (Å²) in [6.45, 7) is 6.67. The number of halogens is 1. The summed E-state index contributed by atoms with van der Waals surface area (Å²) in [4.78, 5) is 17.9. The van der Waals surface area contributed by atoms with Gasteiger partial charge in [0.1, 0.15) is 0 Å². The van der Waals surface area contributed by atoms with Crippen molar-refractivity contribution >= 4 is 39.8 Å². The molecule has 3 heterocycles. The van der Waals surface area contributed by atoms with E-state index in [1.165, 1.54) is 11.4 Å². The number of para-hydroxylation sites is 2. The van der Waals surface area contributed by atoms with Crippen LogP contribution in [0.3, 0.4) is 0 Å². The van der Waals surface area contributed by atoms with Gasteiger partial charge in [-0.1, -0.05) is 29.8 Å². The number of anilines is 2. The number of carbonyl (C=O) groups excluding carboxylic acids is 1. The molecule has 1 N–H and O–H groups in total. The molecular formula is C24H27ClN4O. The second-order valence-electron chi connectivity index (χ2n) is 8.55. The molecular weight excluding hydrogens is 396 g/mol. The lowest BCUT2D eigenvalue weighted by Gasteiger charge is -2.37. The number of carbonyl (C=O) groups is 1. The number of hydrogen-bond acceptors (Lipinski definition) is 3. The van der Waals surface area contributed by atoms with E-state index in [0.29, 0.717) is 11.1 Å². The van der Waals surface area contributed by atoms with Gasteiger partial charge in [-0.15, -0.1) is 0 Å². The second kappa shape index (κ2) is 7.55. The Labute approximate surface area is 182 Å². The molecule has 0 spiro atoms. The predicted molar refractivity (Wildman–Crippen MR) is 124 cm³/mol. The van der Waals surface area contributed by atoms with Gasteiger partial charge in [-0.25, -0.2) is 0 Å². The first-order valence-corrected chi connectivity index (χ1v) is 11.1. The fourth-order valence-corrected chi connectivity index (χ4v) is 4.99. The third-order valence-corrected chi connectivity index (χ3v) is 6.66. The molecule has 1 aromatic heterocycles. The Bertz CT molecular complexity index is 1100. The number of likely N-dealkylation sites (tertiary alicyclic amines) is 1. The number of nitrogens with zero attached hydrogens (tertiary/aromatic N) is 3. The number of amides is 1. The van der Waals surface area contributed by atoms with Crippen molar-refractivity contribution in [2.24, 2.45) is 0 Å². The van der Waals surface area contributed by atoms with Crippen molar-refractivity contribution in [2.45, 2.75) is 38.8 Å². The first-order valence-electron chi connectivity index (χ1n) is 10.7. The van der Waals surface area contributed by atoms with E-state index in [9.17, 15) is 4.79 Å². The Hall–Kier alpha value is -2.66. The van der Waals surface area contributed by atoms with Gasteiger partial charge >= 0.3 is 0 Å². The topological polar surface area (TPSA) is 40.5 Å². The van der Waals surface area contributed by atoms with Crippen LogP contribution in [-0.2, 0) is 0 Å². The van der Waals surface area contributed by atoms with Crippen molar-refractivity contribution in [3.63, 3.8) is 0 Å². The molecule has 0 atom stereocenters. The molecule has 2 aliphatic rings. The van der Waals surface area contributed by atoms with Crippen molar-refractivity contribution in [3.05, 3.63) is 59.2 Å². The van der Waals surface area contributed by atoms with Gasteiger partial charge in [-0.2, -0.15) is 0 Å². The quantitative estimate of drug-likeness (QED) is 0.616. The van der Waals surface area contributed by atoms with Crippen LogP contribution >= 0.6 is 11.6 Å². The Kier molecular flexibility index (Phi) is 4.86. The summed E-state index contributed by atoms with van der Waals surface area (Å²) in [5.74, 6) is 0.125. The lowest BCUT2D eigenvalue weighted by molar-refractivity contribution is 0.0714. The summed E-state index contributed by atoms with van der Waals surface area (Å²) >= 11 is 6.23. The SMILES string of the molecule is CC(C)n1cc(C(=O)N2CCC(N3CNc4ccccc43)CC2)c2ccc(Cl)cc21. The minimum Gasteiger partial charge on any atom is -0.366 e. The van der Waals surface area contributed by atoms with E-state index in [4.69, 9.17) is 11.6 Å². The fourth-order valence-electron chi connectivity index (χ4n) is 4.83. The van der Waals surface area contributed by atoms with Crippen LogP contribution < -0.4 is 10.2 Å². The summed E-state index contributed by atoms with van der Waals surface area (Å²) in [6.07, 6.45) is 3.97. The van der Waals surface area contributed by atoms with Crippen molar-refractivity contribution in [1.82, 2.24) is 9.47 Å². The molecule has 5 nitrogen and oxygen atoms in total. The summed E-state index contributed by atoms with van der Waals surface area (Å²) in [7, 11) is 0. The summed E-state index contributed by atoms with van der Waals surface area (Å²) in [6, 6.07) is 15.0. The maximum atomic E-state index is 13.4. The van der Waals surface area contributed by atoms with E-state index < -0.39 is 0 Å². The fraction of sp³-hybridized carbons (Fsp3) is 0.375. The van der Waals surface area contributed by atoms with E-state index in [1.807, 2.05) is 29.3 Å². The Balaban J connectivity index is 1.34. The second-order valence-corrected chi connectivity index (χ2v) is 8.99. The Morgan fingerprint density at radius 2 is 1.90 bits per heavy atom. The van der Waals surface area contributed by atoms with Crippen molar-refractivity contribution < 1.29 is 4.79 Å². The highest BCUT2D eigenvalue weighted by molar-refractivity contribution is 6.31. The number of benzene rings is 2. The average Bonchev–Trinajstić information content (AvgIpc) is 3.35. The van der Waals surface area contributed by atoms with Gasteiger partial charge in [-0.3, -0.25) is 4.79 Å². The van der Waals surface area contributed by atoms with Crippen LogP contribution in [0, 0.1) is 0 Å². The molecule has 1 fully saturated rings. The Morgan fingerprint density at radius 3 is 2.67 bits per heavy atom. The number of nitrogens with one attached hydrogen (secondary N) is 1. The highest BCUT2D eigenvalue weighted by Gasteiger charge is 2.31. The Morgan fingerprint density at radius 1 is 1.13 bits per heavy atom. The van der Waals surface area contributed by atoms with Crippen molar-refractivity contribution in [3.8, 4) is 0 Å². The van der Waals surface area contributed by atoms with E-state index in [2.05, 4.69) is 52.9 Å². The zero-order chi connectivity index (χ0) is 20.8. The third-order valence-electron chi connectivity index (χ3n) is 6.43. The molecule has 1 amide bonds. The van der Waals surface area contributed by atoms with Crippen LogP contribution in [0.25, 0.3) is 10.9 Å². The molecule has 3 aromatic rings. The van der Waals surface area contributed by atoms with E-state index in [-0.39, 0.29) is 11.9 Å². The first-order chi connectivity index (χ1) is 14.5. The van der Waals surface area contributed by atoms with E-state index in [1.54, 1.807) is 0 Å². The maximum absolute atomic E-state index is 13.4. The van der Waals surface area contributed by atoms with Gasteiger partial charge in [-0.05, 0) is 51.0 Å². The molecule has 0 radical (unpaired) electrons. The third kappa shape index (κ3) is 3.21. The van der Waals surface area contributed by atoms with Gasteiger partial charge in [0.05, 0.1) is 29.1 Å². The number of piperidine rings is 1. The number of rotatable bonds is 3. The number of aromatic nitrogens is 1. The smallest absolute Gasteiger partial charge is 0.256 e. The molecule has 0 unspecified atom stereocenters. The minimum atomic E-state index is 0.125. The monoisotopic (exact) mass is 422 g/mol.